The molecule has 0 aliphatic rings. The molecule has 0 bridgehead atoms. The fourth-order valence-corrected chi connectivity index (χ4v) is 0.793. The highest BCUT2D eigenvalue weighted by atomic mass is 16.4. The molecule has 0 radical (unpaired) electrons. The van der Waals surface area contributed by atoms with E-state index in [1.54, 1.807) is 0 Å². The summed E-state index contributed by atoms with van der Waals surface area (Å²) in [5.74, 6) is -3.16. The van der Waals surface area contributed by atoms with Gasteiger partial charge in [-0.25, -0.2) is 4.79 Å². The molecule has 1 aromatic rings. The molecule has 0 unspecified atom stereocenters. The van der Waals surface area contributed by atoms with E-state index in [1.165, 1.54) is 0 Å². The number of anilines is 1. The number of nitrogens with one attached hydrogen (secondary N) is 1. The maximum absolute atomic E-state index is 10.8. The summed E-state index contributed by atoms with van der Waals surface area (Å²) in [7, 11) is 0. The molecule has 0 saturated carbocycles. The maximum atomic E-state index is 10.8. The minimum Gasteiger partial charge on any atom is -0.507 e. The summed E-state index contributed by atoms with van der Waals surface area (Å²) in [5, 5.41) is 20.2. The van der Waals surface area contributed by atoms with Crippen molar-refractivity contribution < 1.29 is 23.9 Å². The van der Waals surface area contributed by atoms with Crippen LogP contribution in [0.1, 0.15) is 21.4 Å². The Labute approximate surface area is 84.2 Å². The number of benzene rings is 1. The van der Waals surface area contributed by atoms with Crippen LogP contribution in [-0.2, 0) is 4.79 Å². The molecule has 0 aromatic heterocycles. The molecule has 14 heavy (non-hydrogen) atoms. The van der Waals surface area contributed by atoms with E-state index in [0.717, 1.165) is 6.92 Å². The van der Waals surface area contributed by atoms with Gasteiger partial charge in [-0.3, -0.25) is 4.79 Å². The predicted molar refractivity (Wildman–Crippen MR) is 49.4 cm³/mol. The van der Waals surface area contributed by atoms with Gasteiger partial charge in [-0.05, 0) is 18.1 Å². The van der Waals surface area contributed by atoms with Crippen LogP contribution in [0.4, 0.5) is 5.69 Å². The number of amides is 1. The number of carbonyl (C=O) groups is 2. The normalized spacial score (nSPS) is 12.5. The van der Waals surface area contributed by atoms with Gasteiger partial charge in [0, 0.05) is 12.6 Å². The number of aromatic hydroxyl groups is 1. The maximum Gasteiger partial charge on any atom is 0.339 e. The molecule has 0 aliphatic heterocycles. The molecule has 0 fully saturated rings. The molecule has 1 aromatic carbocycles. The number of hydrogen-bond donors (Lipinski definition) is 3. The Kier molecular flexibility index (Phi) is 1.73. The van der Waals surface area contributed by atoms with Crippen LogP contribution in [0, 0.1) is 0 Å². The molecule has 0 heterocycles. The van der Waals surface area contributed by atoms with Crippen molar-refractivity contribution in [1.82, 2.24) is 0 Å². The second-order valence-electron chi connectivity index (χ2n) is 2.46. The van der Waals surface area contributed by atoms with E-state index in [0.29, 0.717) is 0 Å². The molecule has 0 atom stereocenters. The van der Waals surface area contributed by atoms with Crippen molar-refractivity contribution in [2.24, 2.45) is 0 Å². The van der Waals surface area contributed by atoms with Gasteiger partial charge < -0.3 is 15.5 Å². The highest BCUT2D eigenvalue weighted by Gasteiger charge is 2.10. The second kappa shape index (κ2) is 3.78. The molecule has 1 rings (SSSR count). The predicted octanol–water partition coefficient (Wildman–Crippen LogP) is 1.05. The van der Waals surface area contributed by atoms with E-state index < -0.39 is 47.0 Å². The van der Waals surface area contributed by atoms with Gasteiger partial charge in [-0.2, -0.15) is 0 Å². The zero-order chi connectivity index (χ0) is 13.3. The van der Waals surface area contributed by atoms with Crippen molar-refractivity contribution >= 4 is 17.6 Å². The third-order valence-corrected chi connectivity index (χ3v) is 1.31. The van der Waals surface area contributed by atoms with Crippen LogP contribution in [0.2, 0.25) is 0 Å². The van der Waals surface area contributed by atoms with Gasteiger partial charge >= 0.3 is 5.97 Å². The van der Waals surface area contributed by atoms with Crippen molar-refractivity contribution in [2.75, 3.05) is 5.32 Å². The van der Waals surface area contributed by atoms with Gasteiger partial charge in [0.25, 0.3) is 0 Å². The molecular formula is C9H9NO4. The lowest BCUT2D eigenvalue weighted by Crippen LogP contribution is -2.07. The molecule has 5 nitrogen and oxygen atoms in total. The van der Waals surface area contributed by atoms with Crippen LogP contribution in [0.5, 0.6) is 5.75 Å². The van der Waals surface area contributed by atoms with E-state index in [1.807, 2.05) is 0 Å². The van der Waals surface area contributed by atoms with Crippen molar-refractivity contribution in [3.63, 3.8) is 0 Å². The third kappa shape index (κ3) is 2.22. The number of carboxylic acid groups (broad SMARTS) is 1. The first-order chi connectivity index (χ1) is 7.77. The fraction of sp³-hybridized carbons (Fsp3) is 0.111. The minimum atomic E-state index is -1.60. The summed E-state index contributed by atoms with van der Waals surface area (Å²) in [5.41, 5.74) is -1.22. The lowest BCUT2D eigenvalue weighted by atomic mass is 10.2. The number of aromatic carboxylic acids is 1. The van der Waals surface area contributed by atoms with Crippen LogP contribution in [0.15, 0.2) is 18.1 Å². The number of carboxylic acids is 1. The van der Waals surface area contributed by atoms with Crippen LogP contribution in [-0.4, -0.2) is 22.1 Å². The summed E-state index contributed by atoms with van der Waals surface area (Å²) in [6.07, 6.45) is 0. The first kappa shape index (κ1) is 6.42. The van der Waals surface area contributed by atoms with Crippen molar-refractivity contribution in [1.29, 1.82) is 0 Å². The molecule has 74 valence electrons. The highest BCUT2D eigenvalue weighted by molar-refractivity contribution is 5.94. The van der Waals surface area contributed by atoms with Crippen LogP contribution in [0.3, 0.4) is 0 Å². The molecule has 0 aliphatic carbocycles. The van der Waals surface area contributed by atoms with E-state index in [9.17, 15) is 14.7 Å². The SMILES string of the molecule is [2H]c1c([2H])c(NC(C)=O)c([2H])c(C(=O)O)c1O. The number of rotatable bonds is 2. The van der Waals surface area contributed by atoms with E-state index in [2.05, 4.69) is 5.32 Å². The first-order valence-electron chi connectivity index (χ1n) is 5.11. The Balaban J connectivity index is 3.61. The number of phenols is 1. The van der Waals surface area contributed by atoms with Gasteiger partial charge in [0.2, 0.25) is 5.91 Å². The molecule has 0 spiro atoms. The van der Waals surface area contributed by atoms with Crippen molar-refractivity contribution in [3.05, 3.63) is 23.7 Å². The summed E-state index contributed by atoms with van der Waals surface area (Å²) < 4.78 is 22.2. The zero-order valence-corrected chi connectivity index (χ0v) is 7.21. The van der Waals surface area contributed by atoms with E-state index in [-0.39, 0.29) is 0 Å². The Morgan fingerprint density at radius 3 is 2.64 bits per heavy atom. The van der Waals surface area contributed by atoms with Gasteiger partial charge in [0.1, 0.15) is 11.3 Å². The summed E-state index contributed by atoms with van der Waals surface area (Å²) >= 11 is 0. The standard InChI is InChI=1S/C9H9NO4/c1-5(11)10-6-2-3-8(12)7(4-6)9(13)14/h2-4,12H,1H3,(H,10,11)(H,13,14)/i2D,3D,4D. The van der Waals surface area contributed by atoms with Crippen molar-refractivity contribution in [2.45, 2.75) is 6.92 Å². The summed E-state index contributed by atoms with van der Waals surface area (Å²) in [6, 6.07) is -2.05. The molecule has 1 amide bonds. The molecule has 0 saturated heterocycles. The fourth-order valence-electron chi connectivity index (χ4n) is 0.793. The minimum absolute atomic E-state index is 0.405. The lowest BCUT2D eigenvalue weighted by Gasteiger charge is -2.04. The molecule has 3 N–H and O–H groups in total. The zero-order valence-electron chi connectivity index (χ0n) is 10.2. The van der Waals surface area contributed by atoms with Gasteiger partial charge in [0.05, 0.1) is 4.11 Å². The van der Waals surface area contributed by atoms with Gasteiger partial charge in [-0.15, -0.1) is 0 Å². The highest BCUT2D eigenvalue weighted by Crippen LogP contribution is 2.21. The topological polar surface area (TPSA) is 86.6 Å². The lowest BCUT2D eigenvalue weighted by molar-refractivity contribution is -0.114. The largest absolute Gasteiger partial charge is 0.507 e. The average Bonchev–Trinajstić information content (AvgIpc) is 2.21. The Morgan fingerprint density at radius 2 is 2.14 bits per heavy atom. The van der Waals surface area contributed by atoms with Gasteiger partial charge in [-0.1, -0.05) is 0 Å². The van der Waals surface area contributed by atoms with Crippen LogP contribution < -0.4 is 5.32 Å². The first-order valence-corrected chi connectivity index (χ1v) is 3.61. The molecular weight excluding hydrogens is 186 g/mol. The van der Waals surface area contributed by atoms with E-state index in [4.69, 9.17) is 9.22 Å². The second-order valence-corrected chi connectivity index (χ2v) is 2.46. The third-order valence-electron chi connectivity index (χ3n) is 1.31. The Hall–Kier alpha value is -2.04. The average molecular weight is 198 g/mol. The number of hydrogen-bond acceptors (Lipinski definition) is 3. The van der Waals surface area contributed by atoms with Crippen molar-refractivity contribution in [3.8, 4) is 5.75 Å². The quantitative estimate of drug-likeness (QED) is 0.620. The number of carbonyl (C=O) groups excluding carboxylic acids is 1. The summed E-state index contributed by atoms with van der Waals surface area (Å²) in [6.45, 7) is 1.12. The Bertz CT molecular complexity index is 516. The van der Waals surface area contributed by atoms with Gasteiger partial charge in [0.15, 0.2) is 0 Å². The summed E-state index contributed by atoms with van der Waals surface area (Å²) in [4.78, 5) is 21.7. The Morgan fingerprint density at radius 1 is 1.50 bits per heavy atom. The van der Waals surface area contributed by atoms with E-state index >= 15 is 0 Å². The molecule has 5 heteroatoms. The monoisotopic (exact) mass is 198 g/mol. The van der Waals surface area contributed by atoms with Crippen LogP contribution >= 0.6 is 0 Å². The smallest absolute Gasteiger partial charge is 0.339 e. The van der Waals surface area contributed by atoms with Crippen LogP contribution in [0.25, 0.3) is 0 Å².